The van der Waals surface area contributed by atoms with Gasteiger partial charge in [0.2, 0.25) is 0 Å². The maximum atomic E-state index is 5.55. The van der Waals surface area contributed by atoms with Gasteiger partial charge in [0.1, 0.15) is 6.10 Å². The van der Waals surface area contributed by atoms with Gasteiger partial charge in [-0.05, 0) is 44.2 Å². The lowest BCUT2D eigenvalue weighted by Crippen LogP contribution is -2.23. The standard InChI is InChI=1S/C17H31N3O/c1-8-9-18-10-12(4)15-13(5)19-17(20-14(15)6)16(21-7)11(2)3/h11-12,16,18H,8-10H2,1-7H3. The van der Waals surface area contributed by atoms with Crippen LogP contribution in [-0.2, 0) is 4.74 Å². The quantitative estimate of drug-likeness (QED) is 0.745. The molecule has 2 unspecified atom stereocenters. The smallest absolute Gasteiger partial charge is 0.157 e. The van der Waals surface area contributed by atoms with E-state index in [-0.39, 0.29) is 6.10 Å². The number of hydrogen-bond donors (Lipinski definition) is 1. The zero-order valence-corrected chi connectivity index (χ0v) is 14.7. The fourth-order valence-corrected chi connectivity index (χ4v) is 2.86. The van der Waals surface area contributed by atoms with Gasteiger partial charge in [-0.2, -0.15) is 0 Å². The van der Waals surface area contributed by atoms with Gasteiger partial charge in [0.05, 0.1) is 0 Å². The molecule has 0 bridgehead atoms. The summed E-state index contributed by atoms with van der Waals surface area (Å²) in [6.07, 6.45) is 1.12. The van der Waals surface area contributed by atoms with Gasteiger partial charge < -0.3 is 10.1 Å². The number of nitrogens with one attached hydrogen (secondary N) is 1. The molecule has 0 saturated carbocycles. The van der Waals surface area contributed by atoms with Crippen molar-refractivity contribution in [1.82, 2.24) is 15.3 Å². The average molecular weight is 293 g/mol. The largest absolute Gasteiger partial charge is 0.373 e. The highest BCUT2D eigenvalue weighted by molar-refractivity contribution is 5.28. The Kier molecular flexibility index (Phi) is 7.26. The summed E-state index contributed by atoms with van der Waals surface area (Å²) < 4.78 is 5.55. The van der Waals surface area contributed by atoms with E-state index in [1.165, 1.54) is 5.56 Å². The van der Waals surface area contributed by atoms with Crippen LogP contribution in [0.4, 0.5) is 0 Å². The van der Waals surface area contributed by atoms with E-state index >= 15 is 0 Å². The molecule has 4 heteroatoms. The molecule has 0 aromatic carbocycles. The van der Waals surface area contributed by atoms with E-state index in [1.54, 1.807) is 7.11 Å². The topological polar surface area (TPSA) is 47.0 Å². The second kappa shape index (κ2) is 8.44. The third kappa shape index (κ3) is 4.75. The Morgan fingerprint density at radius 1 is 1.10 bits per heavy atom. The van der Waals surface area contributed by atoms with Gasteiger partial charge in [-0.15, -0.1) is 0 Å². The molecule has 0 radical (unpaired) electrons. The first kappa shape index (κ1) is 18.1. The summed E-state index contributed by atoms with van der Waals surface area (Å²) in [7, 11) is 1.73. The number of nitrogens with zero attached hydrogens (tertiary/aromatic N) is 2. The molecule has 0 fully saturated rings. The Labute approximate surface area is 129 Å². The second-order valence-electron chi connectivity index (χ2n) is 6.17. The Morgan fingerprint density at radius 2 is 1.67 bits per heavy atom. The minimum Gasteiger partial charge on any atom is -0.373 e. The minimum absolute atomic E-state index is 0.0371. The lowest BCUT2D eigenvalue weighted by Gasteiger charge is -2.22. The number of hydrogen-bond acceptors (Lipinski definition) is 4. The van der Waals surface area contributed by atoms with Crippen LogP contribution in [0.3, 0.4) is 0 Å². The molecule has 1 aromatic rings. The van der Waals surface area contributed by atoms with Crippen LogP contribution in [0.2, 0.25) is 0 Å². The van der Waals surface area contributed by atoms with Gasteiger partial charge >= 0.3 is 0 Å². The molecule has 1 rings (SSSR count). The van der Waals surface area contributed by atoms with Gasteiger partial charge in [0, 0.05) is 25.0 Å². The predicted octanol–water partition coefficient (Wildman–Crippen LogP) is 3.54. The van der Waals surface area contributed by atoms with Crippen molar-refractivity contribution in [3.05, 3.63) is 22.8 Å². The molecule has 21 heavy (non-hydrogen) atoms. The normalized spacial score (nSPS) is 14.5. The molecule has 0 aliphatic heterocycles. The summed E-state index contributed by atoms with van der Waals surface area (Å²) in [6.45, 7) is 14.9. The van der Waals surface area contributed by atoms with Crippen molar-refractivity contribution in [3.63, 3.8) is 0 Å². The summed E-state index contributed by atoms with van der Waals surface area (Å²) in [5.74, 6) is 1.59. The van der Waals surface area contributed by atoms with Crippen LogP contribution in [0.15, 0.2) is 0 Å². The monoisotopic (exact) mass is 293 g/mol. The van der Waals surface area contributed by atoms with E-state index in [4.69, 9.17) is 14.7 Å². The van der Waals surface area contributed by atoms with E-state index < -0.39 is 0 Å². The Bertz CT molecular complexity index is 423. The summed E-state index contributed by atoms with van der Waals surface area (Å²) in [6, 6.07) is 0. The maximum Gasteiger partial charge on any atom is 0.157 e. The molecule has 0 spiro atoms. The molecule has 2 atom stereocenters. The fraction of sp³-hybridized carbons (Fsp3) is 0.765. The third-order valence-corrected chi connectivity index (χ3v) is 3.83. The van der Waals surface area contributed by atoms with Crippen molar-refractivity contribution in [2.24, 2.45) is 5.92 Å². The number of aromatic nitrogens is 2. The van der Waals surface area contributed by atoms with Crippen molar-refractivity contribution in [3.8, 4) is 0 Å². The average Bonchev–Trinajstić information content (AvgIpc) is 2.38. The van der Waals surface area contributed by atoms with Crippen molar-refractivity contribution >= 4 is 0 Å². The lowest BCUT2D eigenvalue weighted by molar-refractivity contribution is 0.0571. The molecule has 1 heterocycles. The molecule has 1 aromatic heterocycles. The number of aryl methyl sites for hydroxylation is 2. The predicted molar refractivity (Wildman–Crippen MR) is 87.7 cm³/mol. The van der Waals surface area contributed by atoms with Crippen LogP contribution < -0.4 is 5.32 Å². The van der Waals surface area contributed by atoms with Crippen LogP contribution in [-0.4, -0.2) is 30.2 Å². The van der Waals surface area contributed by atoms with E-state index in [0.717, 1.165) is 36.7 Å². The maximum absolute atomic E-state index is 5.55. The van der Waals surface area contributed by atoms with E-state index in [0.29, 0.717) is 11.8 Å². The van der Waals surface area contributed by atoms with Crippen LogP contribution in [0.25, 0.3) is 0 Å². The van der Waals surface area contributed by atoms with Crippen molar-refractivity contribution in [2.45, 2.75) is 60.0 Å². The first-order valence-corrected chi connectivity index (χ1v) is 8.00. The second-order valence-corrected chi connectivity index (χ2v) is 6.17. The zero-order valence-electron chi connectivity index (χ0n) is 14.7. The molecule has 0 amide bonds. The van der Waals surface area contributed by atoms with E-state index in [2.05, 4.69) is 46.9 Å². The lowest BCUT2D eigenvalue weighted by atomic mass is 9.97. The van der Waals surface area contributed by atoms with Gasteiger partial charge in [0.25, 0.3) is 0 Å². The van der Waals surface area contributed by atoms with Gasteiger partial charge in [-0.1, -0.05) is 27.7 Å². The number of methoxy groups -OCH3 is 1. The van der Waals surface area contributed by atoms with Crippen LogP contribution >= 0.6 is 0 Å². The highest BCUT2D eigenvalue weighted by Gasteiger charge is 2.21. The van der Waals surface area contributed by atoms with Crippen LogP contribution in [0.1, 0.15) is 68.9 Å². The highest BCUT2D eigenvalue weighted by Crippen LogP contribution is 2.26. The third-order valence-electron chi connectivity index (χ3n) is 3.83. The van der Waals surface area contributed by atoms with Crippen molar-refractivity contribution in [1.29, 1.82) is 0 Å². The molecule has 0 saturated heterocycles. The molecule has 0 aliphatic rings. The van der Waals surface area contributed by atoms with Crippen LogP contribution in [0.5, 0.6) is 0 Å². The highest BCUT2D eigenvalue weighted by atomic mass is 16.5. The van der Waals surface area contributed by atoms with Crippen LogP contribution in [0, 0.1) is 19.8 Å². The van der Waals surface area contributed by atoms with E-state index in [1.807, 2.05) is 0 Å². The molecule has 120 valence electrons. The Hall–Kier alpha value is -1.00. The molecular formula is C17H31N3O. The minimum atomic E-state index is -0.0371. The zero-order chi connectivity index (χ0) is 16.0. The summed E-state index contributed by atoms with van der Waals surface area (Å²) in [5, 5.41) is 3.47. The first-order valence-electron chi connectivity index (χ1n) is 8.00. The number of rotatable bonds is 8. The summed E-state index contributed by atoms with van der Waals surface area (Å²) >= 11 is 0. The van der Waals surface area contributed by atoms with Gasteiger partial charge in [-0.3, -0.25) is 0 Å². The molecule has 0 aliphatic carbocycles. The van der Waals surface area contributed by atoms with Gasteiger partial charge in [0.15, 0.2) is 5.82 Å². The summed E-state index contributed by atoms with van der Waals surface area (Å²) in [5.41, 5.74) is 3.41. The fourth-order valence-electron chi connectivity index (χ4n) is 2.86. The number of ether oxygens (including phenoxy) is 1. The Morgan fingerprint density at radius 3 is 2.10 bits per heavy atom. The first-order chi connectivity index (χ1) is 9.92. The summed E-state index contributed by atoms with van der Waals surface area (Å²) in [4.78, 5) is 9.42. The molecular weight excluding hydrogens is 262 g/mol. The Balaban J connectivity index is 2.99. The van der Waals surface area contributed by atoms with Gasteiger partial charge in [-0.25, -0.2) is 9.97 Å². The van der Waals surface area contributed by atoms with E-state index in [9.17, 15) is 0 Å². The molecule has 1 N–H and O–H groups in total. The van der Waals surface area contributed by atoms with Crippen molar-refractivity contribution in [2.75, 3.05) is 20.2 Å². The van der Waals surface area contributed by atoms with Crippen molar-refractivity contribution < 1.29 is 4.74 Å². The SMILES string of the molecule is CCCNCC(C)c1c(C)nc(C(OC)C(C)C)nc1C. The molecule has 4 nitrogen and oxygen atoms in total.